The molecule has 0 unspecified atom stereocenters. The van der Waals surface area contributed by atoms with E-state index in [1.807, 2.05) is 42.5 Å². The Labute approximate surface area is 219 Å². The summed E-state index contributed by atoms with van der Waals surface area (Å²) in [5, 5.41) is 15.7. The molecule has 0 aromatic heterocycles. The maximum absolute atomic E-state index is 13.6. The highest BCUT2D eigenvalue weighted by Crippen LogP contribution is 2.35. The van der Waals surface area contributed by atoms with E-state index in [2.05, 4.69) is 5.32 Å². The van der Waals surface area contributed by atoms with Crippen molar-refractivity contribution in [3.63, 3.8) is 0 Å². The normalized spacial score (nSPS) is 19.0. The van der Waals surface area contributed by atoms with Crippen LogP contribution in [0.4, 0.5) is 0 Å². The zero-order valence-corrected chi connectivity index (χ0v) is 21.9. The minimum Gasteiger partial charge on any atom is -0.467 e. The highest BCUT2D eigenvalue weighted by Gasteiger charge is 2.39. The Morgan fingerprint density at radius 2 is 1.81 bits per heavy atom. The lowest BCUT2D eigenvalue weighted by atomic mass is 9.91. The molecule has 2 aliphatic rings. The van der Waals surface area contributed by atoms with Gasteiger partial charge in [-0.3, -0.25) is 9.59 Å². The van der Waals surface area contributed by atoms with Crippen LogP contribution in [-0.2, 0) is 30.3 Å². The van der Waals surface area contributed by atoms with E-state index in [0.717, 1.165) is 27.8 Å². The molecule has 0 bridgehead atoms. The third-order valence-corrected chi connectivity index (χ3v) is 9.69. The molecule has 2 aromatic carbocycles. The third-order valence-electron chi connectivity index (χ3n) is 6.52. The molecular formula is C26H32N2O6S2. The van der Waals surface area contributed by atoms with Gasteiger partial charge in [0.05, 0.1) is 30.8 Å². The van der Waals surface area contributed by atoms with E-state index in [9.17, 15) is 19.5 Å². The van der Waals surface area contributed by atoms with Gasteiger partial charge in [-0.1, -0.05) is 42.5 Å². The first kappa shape index (κ1) is 26.8. The molecule has 0 radical (unpaired) electrons. The monoisotopic (exact) mass is 532 g/mol. The molecule has 2 aliphatic heterocycles. The number of thioether (sulfide) groups is 2. The first-order valence-electron chi connectivity index (χ1n) is 12.1. The van der Waals surface area contributed by atoms with Crippen LogP contribution in [0.3, 0.4) is 0 Å². The summed E-state index contributed by atoms with van der Waals surface area (Å²) in [5.41, 5.74) is 0.945. The Balaban J connectivity index is 1.57. The van der Waals surface area contributed by atoms with Crippen molar-refractivity contribution >= 4 is 52.1 Å². The maximum Gasteiger partial charge on any atom is 0.331 e. The molecule has 2 heterocycles. The van der Waals surface area contributed by atoms with Gasteiger partial charge in [-0.2, -0.15) is 0 Å². The van der Waals surface area contributed by atoms with E-state index >= 15 is 0 Å². The number of carbonyl (C=O) groups excluding carboxylic acids is 3. The van der Waals surface area contributed by atoms with Gasteiger partial charge in [0.2, 0.25) is 11.8 Å². The number of hydrogen-bond acceptors (Lipinski definition) is 8. The number of benzene rings is 2. The maximum atomic E-state index is 13.6. The number of amides is 2. The van der Waals surface area contributed by atoms with Gasteiger partial charge in [0.1, 0.15) is 6.10 Å². The van der Waals surface area contributed by atoms with Crippen molar-refractivity contribution in [2.24, 2.45) is 5.92 Å². The highest BCUT2D eigenvalue weighted by molar-refractivity contribution is 8.20. The Morgan fingerprint density at radius 1 is 1.11 bits per heavy atom. The summed E-state index contributed by atoms with van der Waals surface area (Å²) in [4.78, 5) is 41.0. The fourth-order valence-corrected chi connectivity index (χ4v) is 7.46. The number of ether oxygens (including phenoxy) is 2. The van der Waals surface area contributed by atoms with E-state index in [1.165, 1.54) is 7.11 Å². The summed E-state index contributed by atoms with van der Waals surface area (Å²) in [6, 6.07) is 12.6. The summed E-state index contributed by atoms with van der Waals surface area (Å²) in [6.45, 7) is 1.92. The minimum atomic E-state index is -1.21. The van der Waals surface area contributed by atoms with Crippen LogP contribution in [0.25, 0.3) is 10.8 Å². The van der Waals surface area contributed by atoms with Crippen molar-refractivity contribution < 1.29 is 29.0 Å². The summed E-state index contributed by atoms with van der Waals surface area (Å²) < 4.78 is 10.0. The van der Waals surface area contributed by atoms with Gasteiger partial charge in [0, 0.05) is 31.0 Å². The van der Waals surface area contributed by atoms with E-state index in [-0.39, 0.29) is 16.9 Å². The third kappa shape index (κ3) is 6.53. The molecule has 4 rings (SSSR count). The molecule has 2 saturated heterocycles. The topological polar surface area (TPSA) is 105 Å². The molecule has 194 valence electrons. The number of carbonyl (C=O) groups is 3. The zero-order chi connectivity index (χ0) is 25.5. The first-order valence-corrected chi connectivity index (χ1v) is 14.2. The molecule has 8 nitrogen and oxygen atoms in total. The number of fused-ring (bicyclic) bond motifs is 1. The fraction of sp³-hybridized carbons (Fsp3) is 0.500. The molecule has 36 heavy (non-hydrogen) atoms. The smallest absolute Gasteiger partial charge is 0.331 e. The number of morpholine rings is 1. The number of esters is 1. The summed E-state index contributed by atoms with van der Waals surface area (Å²) in [6.07, 6.45) is -0.793. The van der Waals surface area contributed by atoms with Crippen LogP contribution in [0, 0.1) is 5.92 Å². The van der Waals surface area contributed by atoms with Crippen LogP contribution in [0.5, 0.6) is 0 Å². The van der Waals surface area contributed by atoms with Gasteiger partial charge in [-0.25, -0.2) is 4.79 Å². The zero-order valence-electron chi connectivity index (χ0n) is 20.3. The molecule has 2 amide bonds. The van der Waals surface area contributed by atoms with Gasteiger partial charge in [0.25, 0.3) is 0 Å². The summed E-state index contributed by atoms with van der Waals surface area (Å²) in [7, 11) is 1.23. The van der Waals surface area contributed by atoms with Gasteiger partial charge < -0.3 is 24.8 Å². The molecule has 10 heteroatoms. The lowest BCUT2D eigenvalue weighted by molar-refractivity contribution is -0.149. The van der Waals surface area contributed by atoms with Crippen LogP contribution in [0.1, 0.15) is 12.0 Å². The predicted octanol–water partition coefficient (Wildman–Crippen LogP) is 2.07. The quantitative estimate of drug-likeness (QED) is 0.473. The average molecular weight is 533 g/mol. The largest absolute Gasteiger partial charge is 0.467 e. The molecule has 0 aliphatic carbocycles. The van der Waals surface area contributed by atoms with E-state index in [4.69, 9.17) is 9.47 Å². The lowest BCUT2D eigenvalue weighted by Gasteiger charge is -2.30. The van der Waals surface area contributed by atoms with Crippen molar-refractivity contribution in [1.29, 1.82) is 0 Å². The van der Waals surface area contributed by atoms with Crippen molar-refractivity contribution in [3.8, 4) is 0 Å². The molecule has 2 N–H and O–H groups in total. The van der Waals surface area contributed by atoms with Gasteiger partial charge >= 0.3 is 5.97 Å². The van der Waals surface area contributed by atoms with Crippen molar-refractivity contribution in [1.82, 2.24) is 10.2 Å². The second kappa shape index (κ2) is 12.8. The van der Waals surface area contributed by atoms with E-state index in [1.54, 1.807) is 28.4 Å². The van der Waals surface area contributed by atoms with Crippen LogP contribution < -0.4 is 5.32 Å². The molecule has 2 aromatic rings. The number of methoxy groups -OCH3 is 1. The number of aliphatic hydroxyl groups excluding tert-OH is 1. The van der Waals surface area contributed by atoms with Crippen LogP contribution in [0.2, 0.25) is 0 Å². The molecule has 0 spiro atoms. The van der Waals surface area contributed by atoms with Crippen molar-refractivity contribution in [2.45, 2.75) is 29.6 Å². The number of rotatable bonds is 9. The van der Waals surface area contributed by atoms with Gasteiger partial charge in [-0.05, 0) is 22.8 Å². The summed E-state index contributed by atoms with van der Waals surface area (Å²) in [5.74, 6) is -0.276. The van der Waals surface area contributed by atoms with E-state index in [0.29, 0.717) is 32.7 Å². The number of aliphatic hydroxyl groups is 1. The number of nitrogens with one attached hydrogen (secondary N) is 1. The number of hydrogen-bond donors (Lipinski definition) is 2. The fourth-order valence-electron chi connectivity index (χ4n) is 4.56. The van der Waals surface area contributed by atoms with Crippen LogP contribution >= 0.6 is 23.5 Å². The predicted molar refractivity (Wildman–Crippen MR) is 142 cm³/mol. The Kier molecular flexibility index (Phi) is 9.53. The SMILES string of the molecule is COC(=O)[C@@H](NC(=O)[C@H](CC(=O)N1CCOCC1)Cc1cccc2ccccc12)[C@H](O)C1SCCS1. The Morgan fingerprint density at radius 3 is 2.53 bits per heavy atom. The highest BCUT2D eigenvalue weighted by atomic mass is 32.2. The van der Waals surface area contributed by atoms with Gasteiger partial charge in [-0.15, -0.1) is 23.5 Å². The summed E-state index contributed by atoms with van der Waals surface area (Å²) >= 11 is 3.11. The standard InChI is InChI=1S/C26H32N2O6S2/c1-33-25(32)22(23(30)26-35-13-14-36-26)27-24(31)19(16-21(29)28-9-11-34-12-10-28)15-18-7-4-6-17-5-2-3-8-20(17)18/h2-8,19,22-23,26,30H,9-16H2,1H3,(H,27,31)/t19-,22-,23-/m0/s1. The molecule has 0 saturated carbocycles. The Bertz CT molecular complexity index is 1070. The second-order valence-corrected chi connectivity index (χ2v) is 11.6. The van der Waals surface area contributed by atoms with Crippen molar-refractivity contribution in [3.05, 3.63) is 48.0 Å². The lowest BCUT2D eigenvalue weighted by Crippen LogP contribution is -2.54. The van der Waals surface area contributed by atoms with Crippen molar-refractivity contribution in [2.75, 3.05) is 44.9 Å². The molecular weight excluding hydrogens is 500 g/mol. The number of nitrogens with zero attached hydrogens (tertiary/aromatic N) is 1. The Hall–Kier alpha value is -2.27. The average Bonchev–Trinajstić information content (AvgIpc) is 3.46. The second-order valence-electron chi connectivity index (χ2n) is 8.85. The van der Waals surface area contributed by atoms with Gasteiger partial charge in [0.15, 0.2) is 6.04 Å². The van der Waals surface area contributed by atoms with E-state index < -0.39 is 29.9 Å². The van der Waals surface area contributed by atoms with Crippen LogP contribution in [0.15, 0.2) is 42.5 Å². The first-order chi connectivity index (χ1) is 17.5. The minimum absolute atomic E-state index is 0.00797. The van der Waals surface area contributed by atoms with Crippen LogP contribution in [-0.4, -0.2) is 89.4 Å². The molecule has 3 atom stereocenters. The molecule has 2 fully saturated rings.